The van der Waals surface area contributed by atoms with E-state index in [1.807, 2.05) is 41.4 Å². The molecule has 2 aromatic heterocycles. The summed E-state index contributed by atoms with van der Waals surface area (Å²) in [5.74, 6) is 0.836. The average Bonchev–Trinajstić information content (AvgIpc) is 3.10. The maximum atomic E-state index is 13.0. The van der Waals surface area contributed by atoms with Crippen molar-refractivity contribution >= 4 is 16.9 Å². The fourth-order valence-corrected chi connectivity index (χ4v) is 3.47. The molecule has 1 saturated heterocycles. The molecule has 1 fully saturated rings. The number of pyridine rings is 1. The second-order valence-electron chi connectivity index (χ2n) is 6.39. The van der Waals surface area contributed by atoms with Crippen LogP contribution >= 0.6 is 0 Å². The molecule has 0 radical (unpaired) electrons. The van der Waals surface area contributed by atoms with Gasteiger partial charge in [-0.05, 0) is 23.8 Å². The van der Waals surface area contributed by atoms with Crippen molar-refractivity contribution in [3.8, 4) is 5.75 Å². The van der Waals surface area contributed by atoms with Gasteiger partial charge in [0.05, 0.1) is 25.8 Å². The Balaban J connectivity index is 1.57. The number of hydrogen-bond donors (Lipinski definition) is 1. The molecular formula is C20H21N3O3. The summed E-state index contributed by atoms with van der Waals surface area (Å²) >= 11 is 0. The number of furan rings is 1. The Hall–Kier alpha value is -2.86. The van der Waals surface area contributed by atoms with Gasteiger partial charge < -0.3 is 19.4 Å². The van der Waals surface area contributed by atoms with Crippen molar-refractivity contribution in [1.82, 2.24) is 15.2 Å². The lowest BCUT2D eigenvalue weighted by Crippen LogP contribution is -2.49. The number of ether oxygens (including phenoxy) is 1. The van der Waals surface area contributed by atoms with Gasteiger partial charge in [-0.25, -0.2) is 0 Å². The highest BCUT2D eigenvalue weighted by molar-refractivity contribution is 5.88. The predicted octanol–water partition coefficient (Wildman–Crippen LogP) is 2.55. The summed E-state index contributed by atoms with van der Waals surface area (Å²) in [4.78, 5) is 19.2. The van der Waals surface area contributed by atoms with Crippen LogP contribution in [0.1, 0.15) is 17.2 Å². The summed E-state index contributed by atoms with van der Waals surface area (Å²) < 4.78 is 10.8. The van der Waals surface area contributed by atoms with Gasteiger partial charge in [0, 0.05) is 49.0 Å². The molecule has 26 heavy (non-hydrogen) atoms. The Morgan fingerprint density at radius 2 is 2.35 bits per heavy atom. The smallest absolute Gasteiger partial charge is 0.227 e. The Morgan fingerprint density at radius 1 is 1.42 bits per heavy atom. The summed E-state index contributed by atoms with van der Waals surface area (Å²) in [5.41, 5.74) is 2.68. The third-order valence-corrected chi connectivity index (χ3v) is 4.84. The lowest BCUT2D eigenvalue weighted by atomic mass is 10.0. The van der Waals surface area contributed by atoms with E-state index in [1.165, 1.54) is 0 Å². The summed E-state index contributed by atoms with van der Waals surface area (Å²) in [7, 11) is 1.62. The summed E-state index contributed by atoms with van der Waals surface area (Å²) in [6.07, 6.45) is 5.56. The van der Waals surface area contributed by atoms with Crippen LogP contribution in [0.2, 0.25) is 0 Å². The van der Waals surface area contributed by atoms with Crippen LogP contribution in [0.15, 0.2) is 53.4 Å². The Bertz CT molecular complexity index is 907. The van der Waals surface area contributed by atoms with Gasteiger partial charge in [0.2, 0.25) is 5.91 Å². The quantitative estimate of drug-likeness (QED) is 0.782. The van der Waals surface area contributed by atoms with Gasteiger partial charge in [-0.3, -0.25) is 9.78 Å². The molecule has 1 aliphatic rings. The second-order valence-corrected chi connectivity index (χ2v) is 6.39. The Kier molecular flexibility index (Phi) is 4.58. The largest absolute Gasteiger partial charge is 0.497 e. The third-order valence-electron chi connectivity index (χ3n) is 4.84. The highest BCUT2D eigenvalue weighted by Crippen LogP contribution is 2.28. The number of amides is 1. The zero-order valence-corrected chi connectivity index (χ0v) is 14.6. The van der Waals surface area contributed by atoms with Crippen molar-refractivity contribution in [1.29, 1.82) is 0 Å². The number of nitrogens with zero attached hydrogens (tertiary/aromatic N) is 2. The van der Waals surface area contributed by atoms with Crippen molar-refractivity contribution < 1.29 is 13.9 Å². The fraction of sp³-hybridized carbons (Fsp3) is 0.300. The molecule has 134 valence electrons. The van der Waals surface area contributed by atoms with Crippen LogP contribution < -0.4 is 10.1 Å². The van der Waals surface area contributed by atoms with Crippen LogP contribution in [0, 0.1) is 0 Å². The molecule has 1 aliphatic heterocycles. The molecule has 0 bridgehead atoms. The summed E-state index contributed by atoms with van der Waals surface area (Å²) in [5, 5.41) is 4.32. The van der Waals surface area contributed by atoms with E-state index in [4.69, 9.17) is 9.15 Å². The number of aromatic nitrogens is 1. The Morgan fingerprint density at radius 3 is 3.15 bits per heavy atom. The van der Waals surface area contributed by atoms with Crippen LogP contribution in [0.25, 0.3) is 11.0 Å². The first-order chi connectivity index (χ1) is 12.8. The zero-order valence-electron chi connectivity index (χ0n) is 14.6. The number of rotatable bonds is 4. The molecule has 3 aromatic rings. The molecule has 4 rings (SSSR count). The first-order valence-electron chi connectivity index (χ1n) is 8.70. The normalized spacial score (nSPS) is 17.4. The maximum absolute atomic E-state index is 13.0. The van der Waals surface area contributed by atoms with Crippen molar-refractivity contribution in [3.63, 3.8) is 0 Å². The predicted molar refractivity (Wildman–Crippen MR) is 98.0 cm³/mol. The topological polar surface area (TPSA) is 67.6 Å². The monoisotopic (exact) mass is 351 g/mol. The number of nitrogens with one attached hydrogen (secondary N) is 1. The van der Waals surface area contributed by atoms with Crippen LogP contribution in [-0.2, 0) is 11.2 Å². The first kappa shape index (κ1) is 16.6. The van der Waals surface area contributed by atoms with Crippen molar-refractivity contribution in [2.45, 2.75) is 12.5 Å². The van der Waals surface area contributed by atoms with Gasteiger partial charge >= 0.3 is 0 Å². The highest BCUT2D eigenvalue weighted by atomic mass is 16.5. The fourth-order valence-electron chi connectivity index (χ4n) is 3.47. The molecular weight excluding hydrogens is 330 g/mol. The van der Waals surface area contributed by atoms with Crippen LogP contribution in [0.5, 0.6) is 5.75 Å². The minimum atomic E-state index is 0.00297. The van der Waals surface area contributed by atoms with Gasteiger partial charge in [-0.15, -0.1) is 0 Å². The number of carbonyl (C=O) groups is 1. The van der Waals surface area contributed by atoms with Gasteiger partial charge in [-0.2, -0.15) is 0 Å². The molecule has 1 unspecified atom stereocenters. The van der Waals surface area contributed by atoms with E-state index in [1.54, 1.807) is 19.6 Å². The van der Waals surface area contributed by atoms with Crippen LogP contribution in [0.4, 0.5) is 0 Å². The van der Waals surface area contributed by atoms with Crippen molar-refractivity contribution in [2.24, 2.45) is 0 Å². The molecule has 1 aromatic carbocycles. The minimum Gasteiger partial charge on any atom is -0.497 e. The summed E-state index contributed by atoms with van der Waals surface area (Å²) in [6, 6.07) is 9.59. The highest BCUT2D eigenvalue weighted by Gasteiger charge is 2.28. The zero-order chi connectivity index (χ0) is 17.9. The van der Waals surface area contributed by atoms with Crippen molar-refractivity contribution in [2.75, 3.05) is 26.7 Å². The van der Waals surface area contributed by atoms with Crippen LogP contribution in [-0.4, -0.2) is 42.5 Å². The molecule has 1 N–H and O–H groups in total. The number of fused-ring (bicyclic) bond motifs is 1. The molecule has 6 heteroatoms. The lowest BCUT2D eigenvalue weighted by Gasteiger charge is -2.36. The van der Waals surface area contributed by atoms with E-state index in [2.05, 4.69) is 10.3 Å². The second kappa shape index (κ2) is 7.17. The number of methoxy groups -OCH3 is 1. The van der Waals surface area contributed by atoms with Crippen LogP contribution in [0.3, 0.4) is 0 Å². The van der Waals surface area contributed by atoms with Crippen molar-refractivity contribution in [3.05, 3.63) is 60.1 Å². The molecule has 0 saturated carbocycles. The Labute approximate surface area is 151 Å². The third kappa shape index (κ3) is 3.15. The van der Waals surface area contributed by atoms with E-state index in [9.17, 15) is 4.79 Å². The number of carbonyl (C=O) groups excluding carboxylic acids is 1. The van der Waals surface area contributed by atoms with Gasteiger partial charge in [0.25, 0.3) is 0 Å². The van der Waals surface area contributed by atoms with E-state index in [-0.39, 0.29) is 11.9 Å². The van der Waals surface area contributed by atoms with E-state index >= 15 is 0 Å². The molecule has 0 aliphatic carbocycles. The molecule has 6 nitrogen and oxygen atoms in total. The van der Waals surface area contributed by atoms with Gasteiger partial charge in [0.15, 0.2) is 0 Å². The molecule has 0 spiro atoms. The standard InChI is InChI=1S/C20H21N3O3/c1-25-16-4-5-17-15(13-26-19(17)10-16)9-20(24)23-8-7-22-12-18(23)14-3-2-6-21-11-14/h2-6,10-11,13,18,22H,7-9,12H2,1H3. The minimum absolute atomic E-state index is 0.00297. The SMILES string of the molecule is COc1ccc2c(CC(=O)N3CCNCC3c3cccnc3)coc2c1. The van der Waals surface area contributed by atoms with E-state index < -0.39 is 0 Å². The number of piperazine rings is 1. The lowest BCUT2D eigenvalue weighted by molar-refractivity contribution is -0.133. The van der Waals surface area contributed by atoms with E-state index in [0.29, 0.717) is 13.0 Å². The average molecular weight is 351 g/mol. The maximum Gasteiger partial charge on any atom is 0.227 e. The van der Waals surface area contributed by atoms with Gasteiger partial charge in [-0.1, -0.05) is 6.07 Å². The van der Waals surface area contributed by atoms with Gasteiger partial charge in [0.1, 0.15) is 11.3 Å². The first-order valence-corrected chi connectivity index (χ1v) is 8.70. The molecule has 1 atom stereocenters. The number of benzene rings is 1. The van der Waals surface area contributed by atoms with E-state index in [0.717, 1.165) is 40.9 Å². The number of hydrogen-bond acceptors (Lipinski definition) is 5. The molecule has 3 heterocycles. The molecule has 1 amide bonds. The summed E-state index contributed by atoms with van der Waals surface area (Å²) in [6.45, 7) is 2.22.